The smallest absolute Gasteiger partial charge is 0.261 e. The monoisotopic (exact) mass is 299 g/mol. The van der Waals surface area contributed by atoms with Crippen molar-refractivity contribution in [2.75, 3.05) is 19.8 Å². The van der Waals surface area contributed by atoms with Crippen LogP contribution in [0.2, 0.25) is 0 Å². The third-order valence-electron chi connectivity index (χ3n) is 3.52. The predicted octanol–water partition coefficient (Wildman–Crippen LogP) is 4.32. The van der Waals surface area contributed by atoms with Gasteiger partial charge in [0.25, 0.3) is 6.43 Å². The Balaban J connectivity index is 2.77. The van der Waals surface area contributed by atoms with Gasteiger partial charge in [-0.05, 0) is 56.8 Å². The summed E-state index contributed by atoms with van der Waals surface area (Å²) in [6, 6.07) is 4.49. The molecule has 1 N–H and O–H groups in total. The van der Waals surface area contributed by atoms with Crippen LogP contribution in [-0.4, -0.2) is 26.2 Å². The van der Waals surface area contributed by atoms with Crippen molar-refractivity contribution in [3.63, 3.8) is 0 Å². The van der Waals surface area contributed by atoms with Gasteiger partial charge in [-0.3, -0.25) is 0 Å². The standard InChI is InChI=1S/C17H27F2NO/c1-5-7-20-15(6-8-21-11-16(18)19)17-13(3)9-12(2)10-14(17)4/h9-10,15-16,20H,5-8,11H2,1-4H3. The Kier molecular flexibility index (Phi) is 7.83. The highest BCUT2D eigenvalue weighted by Crippen LogP contribution is 2.26. The van der Waals surface area contributed by atoms with Gasteiger partial charge >= 0.3 is 0 Å². The molecule has 0 spiro atoms. The van der Waals surface area contributed by atoms with E-state index in [1.54, 1.807) is 0 Å². The molecule has 1 unspecified atom stereocenters. The summed E-state index contributed by atoms with van der Waals surface area (Å²) < 4.78 is 29.3. The van der Waals surface area contributed by atoms with Crippen molar-refractivity contribution in [2.24, 2.45) is 0 Å². The maximum absolute atomic E-state index is 12.1. The Labute approximate surface area is 126 Å². The van der Waals surface area contributed by atoms with Crippen LogP contribution in [0.4, 0.5) is 8.78 Å². The minimum Gasteiger partial charge on any atom is -0.375 e. The van der Waals surface area contributed by atoms with Gasteiger partial charge in [-0.25, -0.2) is 8.78 Å². The lowest BCUT2D eigenvalue weighted by Gasteiger charge is -2.23. The summed E-state index contributed by atoms with van der Waals surface area (Å²) in [5.41, 5.74) is 5.01. The minimum absolute atomic E-state index is 0.156. The van der Waals surface area contributed by atoms with E-state index in [1.165, 1.54) is 22.3 Å². The molecule has 1 rings (SSSR count). The fourth-order valence-electron chi connectivity index (χ4n) is 2.78. The first-order valence-electron chi connectivity index (χ1n) is 7.62. The van der Waals surface area contributed by atoms with E-state index in [4.69, 9.17) is 4.74 Å². The summed E-state index contributed by atoms with van der Waals surface area (Å²) in [6.07, 6.45) is -0.648. The van der Waals surface area contributed by atoms with Crippen LogP contribution in [0.25, 0.3) is 0 Å². The van der Waals surface area contributed by atoms with Gasteiger partial charge in [0.2, 0.25) is 0 Å². The average Bonchev–Trinajstić information content (AvgIpc) is 2.38. The molecule has 1 aromatic carbocycles. The molecule has 0 aliphatic carbocycles. The van der Waals surface area contributed by atoms with Crippen LogP contribution in [0.5, 0.6) is 0 Å². The molecule has 0 bridgehead atoms. The Morgan fingerprint density at radius 2 is 1.76 bits per heavy atom. The van der Waals surface area contributed by atoms with Gasteiger partial charge in [-0.15, -0.1) is 0 Å². The maximum Gasteiger partial charge on any atom is 0.261 e. The average molecular weight is 299 g/mol. The molecule has 0 saturated heterocycles. The number of rotatable bonds is 9. The molecule has 2 nitrogen and oxygen atoms in total. The number of hydrogen-bond acceptors (Lipinski definition) is 2. The molecule has 1 atom stereocenters. The summed E-state index contributed by atoms with van der Waals surface area (Å²) in [5, 5.41) is 3.51. The number of benzene rings is 1. The van der Waals surface area contributed by atoms with Gasteiger partial charge in [0, 0.05) is 12.6 Å². The summed E-state index contributed by atoms with van der Waals surface area (Å²) in [5.74, 6) is 0. The number of hydrogen-bond donors (Lipinski definition) is 1. The quantitative estimate of drug-likeness (QED) is 0.685. The molecule has 0 aliphatic rings. The van der Waals surface area contributed by atoms with Gasteiger partial charge < -0.3 is 10.1 Å². The van der Waals surface area contributed by atoms with Crippen LogP contribution in [0.15, 0.2) is 12.1 Å². The molecule has 4 heteroatoms. The Morgan fingerprint density at radius 1 is 1.14 bits per heavy atom. The SMILES string of the molecule is CCCNC(CCOCC(F)F)c1c(C)cc(C)cc1C. The van der Waals surface area contributed by atoms with Crippen molar-refractivity contribution in [1.29, 1.82) is 0 Å². The summed E-state index contributed by atoms with van der Waals surface area (Å²) >= 11 is 0. The first-order valence-corrected chi connectivity index (χ1v) is 7.62. The fourth-order valence-corrected chi connectivity index (χ4v) is 2.78. The summed E-state index contributed by atoms with van der Waals surface area (Å²) in [7, 11) is 0. The van der Waals surface area contributed by atoms with Crippen LogP contribution < -0.4 is 5.32 Å². The maximum atomic E-state index is 12.1. The molecule has 0 aliphatic heterocycles. The number of halogens is 2. The second-order valence-corrected chi connectivity index (χ2v) is 5.57. The van der Waals surface area contributed by atoms with Crippen LogP contribution in [-0.2, 0) is 4.74 Å². The van der Waals surface area contributed by atoms with Crippen molar-refractivity contribution >= 4 is 0 Å². The highest BCUT2D eigenvalue weighted by Gasteiger charge is 2.16. The van der Waals surface area contributed by atoms with Crippen molar-refractivity contribution in [3.8, 4) is 0 Å². The second kappa shape index (κ2) is 9.11. The van der Waals surface area contributed by atoms with Crippen LogP contribution in [0.1, 0.15) is 48.1 Å². The van der Waals surface area contributed by atoms with Crippen molar-refractivity contribution < 1.29 is 13.5 Å². The first-order chi connectivity index (χ1) is 9.95. The van der Waals surface area contributed by atoms with Gasteiger partial charge in [-0.1, -0.05) is 24.6 Å². The number of nitrogens with one attached hydrogen (secondary N) is 1. The van der Waals surface area contributed by atoms with E-state index in [9.17, 15) is 8.78 Å². The lowest BCUT2D eigenvalue weighted by molar-refractivity contribution is 0.0143. The molecule has 0 heterocycles. The number of alkyl halides is 2. The molecule has 0 aromatic heterocycles. The lowest BCUT2D eigenvalue weighted by atomic mass is 9.92. The van der Waals surface area contributed by atoms with Crippen LogP contribution >= 0.6 is 0 Å². The third-order valence-corrected chi connectivity index (χ3v) is 3.52. The largest absolute Gasteiger partial charge is 0.375 e. The van der Waals surface area contributed by atoms with E-state index < -0.39 is 13.0 Å². The Morgan fingerprint density at radius 3 is 2.29 bits per heavy atom. The number of ether oxygens (including phenoxy) is 1. The minimum atomic E-state index is -2.39. The van der Waals surface area contributed by atoms with Gasteiger partial charge in [-0.2, -0.15) is 0 Å². The van der Waals surface area contributed by atoms with E-state index in [-0.39, 0.29) is 6.04 Å². The molecule has 0 amide bonds. The van der Waals surface area contributed by atoms with Crippen molar-refractivity contribution in [2.45, 2.75) is 53.0 Å². The first kappa shape index (κ1) is 18.1. The molecule has 0 fully saturated rings. The van der Waals surface area contributed by atoms with Crippen molar-refractivity contribution in [3.05, 3.63) is 34.4 Å². The zero-order chi connectivity index (χ0) is 15.8. The van der Waals surface area contributed by atoms with Crippen molar-refractivity contribution in [1.82, 2.24) is 5.32 Å². The highest BCUT2D eigenvalue weighted by atomic mass is 19.3. The zero-order valence-electron chi connectivity index (χ0n) is 13.5. The molecular weight excluding hydrogens is 272 g/mol. The molecule has 21 heavy (non-hydrogen) atoms. The van der Waals surface area contributed by atoms with E-state index in [0.717, 1.165) is 13.0 Å². The lowest BCUT2D eigenvalue weighted by Crippen LogP contribution is -2.25. The fraction of sp³-hybridized carbons (Fsp3) is 0.647. The zero-order valence-corrected chi connectivity index (χ0v) is 13.5. The van der Waals surface area contributed by atoms with Crippen LogP contribution in [0, 0.1) is 20.8 Å². The Bertz CT molecular complexity index is 412. The molecule has 0 radical (unpaired) electrons. The molecule has 120 valence electrons. The second-order valence-electron chi connectivity index (χ2n) is 5.57. The van der Waals surface area contributed by atoms with Gasteiger partial charge in [0.05, 0.1) is 0 Å². The molecule has 0 saturated carbocycles. The van der Waals surface area contributed by atoms with Gasteiger partial charge in [0.1, 0.15) is 6.61 Å². The Hall–Kier alpha value is -1.00. The number of aryl methyl sites for hydroxylation is 3. The molecule has 1 aromatic rings. The summed E-state index contributed by atoms with van der Waals surface area (Å²) in [6.45, 7) is 9.19. The molecular formula is C17H27F2NO. The van der Waals surface area contributed by atoms with E-state index in [1.807, 2.05) is 0 Å². The van der Waals surface area contributed by atoms with E-state index in [0.29, 0.717) is 13.0 Å². The normalized spacial score (nSPS) is 12.9. The predicted molar refractivity (Wildman–Crippen MR) is 83.1 cm³/mol. The third kappa shape index (κ3) is 6.10. The topological polar surface area (TPSA) is 21.3 Å². The van der Waals surface area contributed by atoms with E-state index >= 15 is 0 Å². The van der Waals surface area contributed by atoms with Gasteiger partial charge in [0.15, 0.2) is 0 Å². The van der Waals surface area contributed by atoms with E-state index in [2.05, 4.69) is 45.1 Å². The van der Waals surface area contributed by atoms with Crippen LogP contribution in [0.3, 0.4) is 0 Å². The summed E-state index contributed by atoms with van der Waals surface area (Å²) in [4.78, 5) is 0. The highest BCUT2D eigenvalue weighted by molar-refractivity contribution is 5.39.